The Morgan fingerprint density at radius 2 is 1.95 bits per heavy atom. The molecular weight excluding hydrogens is 307 g/mol. The van der Waals surface area contributed by atoms with Crippen molar-refractivity contribution in [1.82, 2.24) is 4.31 Å². The van der Waals surface area contributed by atoms with Crippen LogP contribution in [0.2, 0.25) is 0 Å². The molecule has 0 atom stereocenters. The molecule has 1 heterocycles. The Labute approximate surface area is 119 Å². The van der Waals surface area contributed by atoms with Gasteiger partial charge in [0.05, 0.1) is 17.7 Å². The highest BCUT2D eigenvalue weighted by Gasteiger charge is 2.29. The Balaban J connectivity index is 2.37. The quantitative estimate of drug-likeness (QED) is 0.801. The molecule has 1 aliphatic rings. The Morgan fingerprint density at radius 1 is 1.35 bits per heavy atom. The largest absolute Gasteiger partial charge is 0.492 e. The van der Waals surface area contributed by atoms with Gasteiger partial charge in [0.15, 0.2) is 11.6 Å². The number of nitrogen functional groups attached to an aromatic ring is 1. The fourth-order valence-electron chi connectivity index (χ4n) is 1.96. The molecule has 112 valence electrons. The van der Waals surface area contributed by atoms with Crippen LogP contribution in [0.25, 0.3) is 0 Å². The highest BCUT2D eigenvalue weighted by molar-refractivity contribution is 7.89. The van der Waals surface area contributed by atoms with Crippen LogP contribution in [0.3, 0.4) is 0 Å². The van der Waals surface area contributed by atoms with Crippen molar-refractivity contribution in [1.29, 1.82) is 0 Å². The Bertz CT molecular complexity index is 615. The van der Waals surface area contributed by atoms with Crippen molar-refractivity contribution >= 4 is 26.5 Å². The summed E-state index contributed by atoms with van der Waals surface area (Å²) >= 11 is 0. The van der Waals surface area contributed by atoms with Crippen molar-refractivity contribution in [2.45, 2.75) is 4.90 Å². The number of rotatable bonds is 3. The van der Waals surface area contributed by atoms with E-state index in [-0.39, 0.29) is 40.9 Å². The van der Waals surface area contributed by atoms with Gasteiger partial charge < -0.3 is 10.5 Å². The molecule has 2 rings (SSSR count). The molecule has 1 fully saturated rings. The van der Waals surface area contributed by atoms with Crippen LogP contribution in [0.5, 0.6) is 5.75 Å². The zero-order chi connectivity index (χ0) is 14.9. The summed E-state index contributed by atoms with van der Waals surface area (Å²) in [7, 11) is -3.57. The Morgan fingerprint density at radius 3 is 2.45 bits per heavy atom. The van der Waals surface area contributed by atoms with E-state index in [0.29, 0.717) is 0 Å². The van der Waals surface area contributed by atoms with Crippen LogP contribution in [-0.4, -0.2) is 48.6 Å². The third-order valence-electron chi connectivity index (χ3n) is 3.02. The minimum absolute atomic E-state index is 0.0772. The van der Waals surface area contributed by atoms with E-state index in [0.717, 1.165) is 6.07 Å². The van der Waals surface area contributed by atoms with E-state index in [2.05, 4.69) is 0 Å². The highest BCUT2D eigenvalue weighted by Crippen LogP contribution is 2.30. The fraction of sp³-hybridized carbons (Fsp3) is 0.455. The molecule has 0 saturated carbocycles. The summed E-state index contributed by atoms with van der Waals surface area (Å²) in [5, 5.41) is 0. The van der Waals surface area contributed by atoms with Gasteiger partial charge in [-0.3, -0.25) is 4.21 Å². The summed E-state index contributed by atoms with van der Waals surface area (Å²) in [6.07, 6.45) is 0. The zero-order valence-electron chi connectivity index (χ0n) is 10.8. The number of methoxy groups -OCH3 is 1. The molecule has 6 nitrogen and oxygen atoms in total. The molecule has 0 bridgehead atoms. The monoisotopic (exact) mass is 322 g/mol. The second-order valence-corrected chi connectivity index (χ2v) is 7.91. The number of sulfonamides is 1. The number of ether oxygens (including phenoxy) is 1. The molecule has 20 heavy (non-hydrogen) atoms. The van der Waals surface area contributed by atoms with Crippen LogP contribution < -0.4 is 10.5 Å². The molecular formula is C11H15FN2O4S2. The smallest absolute Gasteiger partial charge is 0.243 e. The first kappa shape index (κ1) is 15.2. The SMILES string of the molecule is COc1c(N)cc(S(=O)(=O)N2CCS(=O)CC2)cc1F. The summed E-state index contributed by atoms with van der Waals surface area (Å²) in [5.41, 5.74) is 5.51. The minimum atomic E-state index is -3.83. The first-order chi connectivity index (χ1) is 9.36. The van der Waals surface area contributed by atoms with Crippen molar-refractivity contribution in [2.75, 3.05) is 37.4 Å². The maximum absolute atomic E-state index is 13.7. The molecule has 0 aromatic heterocycles. The topological polar surface area (TPSA) is 89.7 Å². The predicted octanol–water partition coefficient (Wildman–Crippen LogP) is 0.169. The normalized spacial score (nSPS) is 18.1. The van der Waals surface area contributed by atoms with Gasteiger partial charge in [0, 0.05) is 35.4 Å². The maximum Gasteiger partial charge on any atom is 0.243 e. The molecule has 1 aliphatic heterocycles. The van der Waals surface area contributed by atoms with Gasteiger partial charge >= 0.3 is 0 Å². The summed E-state index contributed by atoms with van der Waals surface area (Å²) in [6, 6.07) is 2.05. The van der Waals surface area contributed by atoms with E-state index < -0.39 is 26.6 Å². The molecule has 0 aliphatic carbocycles. The maximum atomic E-state index is 13.7. The molecule has 0 radical (unpaired) electrons. The van der Waals surface area contributed by atoms with Crippen LogP contribution >= 0.6 is 0 Å². The molecule has 1 saturated heterocycles. The van der Waals surface area contributed by atoms with Gasteiger partial charge in [0.25, 0.3) is 0 Å². The van der Waals surface area contributed by atoms with Crippen molar-refractivity contribution in [3.8, 4) is 5.75 Å². The summed E-state index contributed by atoms with van der Waals surface area (Å²) < 4.78 is 55.7. The van der Waals surface area contributed by atoms with E-state index in [1.807, 2.05) is 0 Å². The number of hydrogen-bond acceptors (Lipinski definition) is 5. The van der Waals surface area contributed by atoms with Crippen molar-refractivity contribution in [3.63, 3.8) is 0 Å². The third-order valence-corrected chi connectivity index (χ3v) is 6.18. The molecule has 2 N–H and O–H groups in total. The van der Waals surface area contributed by atoms with E-state index >= 15 is 0 Å². The van der Waals surface area contributed by atoms with Gasteiger partial charge in [-0.15, -0.1) is 0 Å². The van der Waals surface area contributed by atoms with E-state index in [1.54, 1.807) is 0 Å². The van der Waals surface area contributed by atoms with Gasteiger partial charge in [-0.1, -0.05) is 0 Å². The standard InChI is InChI=1S/C11H15FN2O4S2/c1-18-11-9(12)6-8(7-10(11)13)20(16,17)14-2-4-19(15)5-3-14/h6-7H,2-5,13H2,1H3. The number of nitrogens with two attached hydrogens (primary N) is 1. The van der Waals surface area contributed by atoms with Crippen LogP contribution in [0, 0.1) is 5.82 Å². The van der Waals surface area contributed by atoms with Crippen molar-refractivity contribution < 1.29 is 21.8 Å². The lowest BCUT2D eigenvalue weighted by Crippen LogP contribution is -2.41. The van der Waals surface area contributed by atoms with Crippen LogP contribution in [0.4, 0.5) is 10.1 Å². The average Bonchev–Trinajstić information content (AvgIpc) is 2.38. The molecule has 0 unspecified atom stereocenters. The molecule has 0 amide bonds. The molecule has 1 aromatic carbocycles. The Hall–Kier alpha value is -1.19. The minimum Gasteiger partial charge on any atom is -0.492 e. The average molecular weight is 322 g/mol. The van der Waals surface area contributed by atoms with Gasteiger partial charge in [0.1, 0.15) is 0 Å². The van der Waals surface area contributed by atoms with Gasteiger partial charge in [-0.25, -0.2) is 12.8 Å². The van der Waals surface area contributed by atoms with E-state index in [4.69, 9.17) is 10.5 Å². The molecule has 1 aromatic rings. The number of halogens is 1. The summed E-state index contributed by atoms with van der Waals surface area (Å²) in [5.74, 6) is -0.434. The van der Waals surface area contributed by atoms with E-state index in [1.165, 1.54) is 17.5 Å². The molecule has 0 spiro atoms. The number of hydrogen-bond donors (Lipinski definition) is 1. The summed E-state index contributed by atoms with van der Waals surface area (Å²) in [6.45, 7) is 0.311. The van der Waals surface area contributed by atoms with Crippen molar-refractivity contribution in [3.05, 3.63) is 17.9 Å². The van der Waals surface area contributed by atoms with Crippen LogP contribution in [0.15, 0.2) is 17.0 Å². The van der Waals surface area contributed by atoms with Crippen molar-refractivity contribution in [2.24, 2.45) is 0 Å². The van der Waals surface area contributed by atoms with Gasteiger partial charge in [-0.2, -0.15) is 4.31 Å². The highest BCUT2D eigenvalue weighted by atomic mass is 32.2. The van der Waals surface area contributed by atoms with E-state index in [9.17, 15) is 17.0 Å². The lowest BCUT2D eigenvalue weighted by molar-refractivity contribution is 0.387. The number of nitrogens with zero attached hydrogens (tertiary/aromatic N) is 1. The first-order valence-electron chi connectivity index (χ1n) is 5.84. The fourth-order valence-corrected chi connectivity index (χ4v) is 4.74. The van der Waals surface area contributed by atoms with Gasteiger partial charge in [-0.05, 0) is 12.1 Å². The van der Waals surface area contributed by atoms with Gasteiger partial charge in [0.2, 0.25) is 10.0 Å². The second-order valence-electron chi connectivity index (χ2n) is 4.28. The van der Waals surface area contributed by atoms with Crippen LogP contribution in [0.1, 0.15) is 0 Å². The lowest BCUT2D eigenvalue weighted by atomic mass is 10.3. The second kappa shape index (κ2) is 5.66. The van der Waals surface area contributed by atoms with Crippen LogP contribution in [-0.2, 0) is 20.8 Å². The zero-order valence-corrected chi connectivity index (χ0v) is 12.5. The third kappa shape index (κ3) is 2.79. The molecule has 9 heteroatoms. The number of benzene rings is 1. The lowest BCUT2D eigenvalue weighted by Gasteiger charge is -2.25. The Kier molecular flexibility index (Phi) is 4.31. The summed E-state index contributed by atoms with van der Waals surface area (Å²) in [4.78, 5) is -0.221. The number of anilines is 1. The first-order valence-corrected chi connectivity index (χ1v) is 8.77. The predicted molar refractivity (Wildman–Crippen MR) is 74.0 cm³/mol.